The van der Waals surface area contributed by atoms with Gasteiger partial charge in [-0.1, -0.05) is 18.3 Å². The normalized spacial score (nSPS) is 10.2. The number of carbonyl (C=O) groups excluding carboxylic acids is 1. The average Bonchev–Trinajstić information content (AvgIpc) is 2.77. The van der Waals surface area contributed by atoms with Crippen molar-refractivity contribution in [2.75, 3.05) is 12.4 Å². The zero-order chi connectivity index (χ0) is 15.6. The highest BCUT2D eigenvalue weighted by atomic mass is 32.1. The zero-order valence-corrected chi connectivity index (χ0v) is 12.8. The first-order valence-electron chi connectivity index (χ1n) is 6.22. The first-order chi connectivity index (χ1) is 9.93. The van der Waals surface area contributed by atoms with Crippen molar-refractivity contribution in [2.45, 2.75) is 6.92 Å². The number of nitrogens with two attached hydrogens (primary N) is 1. The molecule has 1 aromatic carbocycles. The lowest BCUT2D eigenvalue weighted by atomic mass is 10.1. The third-order valence-corrected chi connectivity index (χ3v) is 3.23. The molecule has 0 fully saturated rings. The second-order valence-electron chi connectivity index (χ2n) is 4.50. The van der Waals surface area contributed by atoms with Gasteiger partial charge in [-0.3, -0.25) is 9.48 Å². The van der Waals surface area contributed by atoms with Crippen LogP contribution < -0.4 is 15.8 Å². The Balaban J connectivity index is 2.41. The summed E-state index contributed by atoms with van der Waals surface area (Å²) >= 11 is 5.01. The summed E-state index contributed by atoms with van der Waals surface area (Å²) in [4.78, 5) is 12.6. The van der Waals surface area contributed by atoms with E-state index < -0.39 is 0 Å². The Bertz CT molecular complexity index is 709. The van der Waals surface area contributed by atoms with Crippen LogP contribution in [-0.2, 0) is 7.05 Å². The minimum absolute atomic E-state index is 0.187. The van der Waals surface area contributed by atoms with Gasteiger partial charge in [0.25, 0.3) is 5.91 Å². The van der Waals surface area contributed by atoms with Crippen LogP contribution in [0.25, 0.3) is 0 Å². The molecule has 3 N–H and O–H groups in total. The highest BCUT2D eigenvalue weighted by Gasteiger charge is 2.18. The van der Waals surface area contributed by atoms with E-state index in [0.717, 1.165) is 0 Å². The van der Waals surface area contributed by atoms with Gasteiger partial charge in [-0.15, -0.1) is 0 Å². The Labute approximate surface area is 127 Å². The molecule has 0 saturated heterocycles. The number of amides is 1. The molecule has 2 rings (SSSR count). The Morgan fingerprint density at radius 3 is 2.67 bits per heavy atom. The highest BCUT2D eigenvalue weighted by molar-refractivity contribution is 7.80. The molecule has 0 spiro atoms. The fourth-order valence-corrected chi connectivity index (χ4v) is 2.21. The fraction of sp³-hybridized carbons (Fsp3) is 0.214. The summed E-state index contributed by atoms with van der Waals surface area (Å²) in [6, 6.07) is 5.22. The molecule has 1 heterocycles. The minimum atomic E-state index is -0.289. The van der Waals surface area contributed by atoms with Gasteiger partial charge in [0.1, 0.15) is 10.7 Å². The molecule has 0 bridgehead atoms. The molecule has 21 heavy (non-hydrogen) atoms. The lowest BCUT2D eigenvalue weighted by Gasteiger charge is -2.14. The molecule has 0 aliphatic heterocycles. The third-order valence-electron chi connectivity index (χ3n) is 3.01. The maximum Gasteiger partial charge on any atom is 0.259 e. The SMILES string of the molecule is COc1cccc(C(N)=S)c1NC(=O)c1cn(C)nc1C. The van der Waals surface area contributed by atoms with Crippen molar-refractivity contribution < 1.29 is 9.53 Å². The van der Waals surface area contributed by atoms with Gasteiger partial charge in [-0.05, 0) is 19.1 Å². The number of methoxy groups -OCH3 is 1. The van der Waals surface area contributed by atoms with E-state index in [1.165, 1.54) is 7.11 Å². The number of nitrogens with zero attached hydrogens (tertiary/aromatic N) is 2. The van der Waals surface area contributed by atoms with Crippen molar-refractivity contribution in [1.82, 2.24) is 9.78 Å². The number of carbonyl (C=O) groups is 1. The van der Waals surface area contributed by atoms with E-state index in [2.05, 4.69) is 10.4 Å². The number of ether oxygens (including phenoxy) is 1. The van der Waals surface area contributed by atoms with E-state index in [0.29, 0.717) is 28.3 Å². The standard InChI is InChI=1S/C14H16N4O2S/c1-8-10(7-18(2)17-8)14(19)16-12-9(13(15)21)5-4-6-11(12)20-3/h4-7H,1-3H3,(H2,15,21)(H,16,19). The van der Waals surface area contributed by atoms with Crippen molar-refractivity contribution in [3.63, 3.8) is 0 Å². The first kappa shape index (κ1) is 15.0. The Kier molecular flexibility index (Phi) is 4.23. The molecule has 1 amide bonds. The van der Waals surface area contributed by atoms with Crippen LogP contribution >= 0.6 is 12.2 Å². The second-order valence-corrected chi connectivity index (χ2v) is 4.94. The van der Waals surface area contributed by atoms with Gasteiger partial charge in [-0.2, -0.15) is 5.10 Å². The Hall–Kier alpha value is -2.41. The number of anilines is 1. The molecule has 0 unspecified atom stereocenters. The van der Waals surface area contributed by atoms with Crippen LogP contribution in [0.3, 0.4) is 0 Å². The molecule has 0 saturated carbocycles. The second kappa shape index (κ2) is 5.92. The smallest absolute Gasteiger partial charge is 0.259 e. The number of benzene rings is 1. The largest absolute Gasteiger partial charge is 0.495 e. The molecule has 7 heteroatoms. The number of thiocarbonyl (C=S) groups is 1. The fourth-order valence-electron chi connectivity index (χ4n) is 2.04. The first-order valence-corrected chi connectivity index (χ1v) is 6.63. The van der Waals surface area contributed by atoms with E-state index >= 15 is 0 Å². The van der Waals surface area contributed by atoms with Crippen LogP contribution in [0.4, 0.5) is 5.69 Å². The van der Waals surface area contributed by atoms with Gasteiger partial charge in [0, 0.05) is 18.8 Å². The van der Waals surface area contributed by atoms with Crippen LogP contribution in [0.2, 0.25) is 0 Å². The third kappa shape index (κ3) is 3.03. The number of nitrogens with one attached hydrogen (secondary N) is 1. The van der Waals surface area contributed by atoms with E-state index in [-0.39, 0.29) is 10.9 Å². The monoisotopic (exact) mass is 304 g/mol. The number of aryl methyl sites for hydroxylation is 2. The van der Waals surface area contributed by atoms with Crippen LogP contribution in [0.15, 0.2) is 24.4 Å². The van der Waals surface area contributed by atoms with Gasteiger partial charge >= 0.3 is 0 Å². The molecule has 0 aliphatic carbocycles. The van der Waals surface area contributed by atoms with Crippen molar-refractivity contribution >= 4 is 28.8 Å². The van der Waals surface area contributed by atoms with E-state index in [1.807, 2.05) is 0 Å². The van der Waals surface area contributed by atoms with Crippen molar-refractivity contribution in [3.8, 4) is 5.75 Å². The molecule has 110 valence electrons. The number of rotatable bonds is 4. The quantitative estimate of drug-likeness (QED) is 0.839. The zero-order valence-electron chi connectivity index (χ0n) is 12.0. The topological polar surface area (TPSA) is 82.2 Å². The molecule has 6 nitrogen and oxygen atoms in total. The van der Waals surface area contributed by atoms with E-state index in [4.69, 9.17) is 22.7 Å². The maximum atomic E-state index is 12.4. The van der Waals surface area contributed by atoms with Crippen LogP contribution in [0.1, 0.15) is 21.6 Å². The van der Waals surface area contributed by atoms with Gasteiger partial charge < -0.3 is 15.8 Å². The van der Waals surface area contributed by atoms with E-state index in [1.54, 1.807) is 43.0 Å². The maximum absolute atomic E-state index is 12.4. The highest BCUT2D eigenvalue weighted by Crippen LogP contribution is 2.29. The van der Waals surface area contributed by atoms with Gasteiger partial charge in [0.15, 0.2) is 0 Å². The molecule has 0 radical (unpaired) electrons. The van der Waals surface area contributed by atoms with Crippen LogP contribution in [0.5, 0.6) is 5.75 Å². The van der Waals surface area contributed by atoms with Crippen LogP contribution in [-0.4, -0.2) is 27.8 Å². The molecular weight excluding hydrogens is 288 g/mol. The summed E-state index contributed by atoms with van der Waals surface area (Å²) in [7, 11) is 3.27. The van der Waals surface area contributed by atoms with Gasteiger partial charge in [0.05, 0.1) is 24.1 Å². The lowest BCUT2D eigenvalue weighted by molar-refractivity contribution is 0.102. The molecule has 1 aromatic heterocycles. The summed E-state index contributed by atoms with van der Waals surface area (Å²) in [6.45, 7) is 1.77. The number of hydrogen-bond donors (Lipinski definition) is 2. The summed E-state index contributed by atoms with van der Waals surface area (Å²) < 4.78 is 6.84. The number of aromatic nitrogens is 2. The minimum Gasteiger partial charge on any atom is -0.495 e. The van der Waals surface area contributed by atoms with Crippen molar-refractivity contribution in [1.29, 1.82) is 0 Å². The Morgan fingerprint density at radius 2 is 2.14 bits per heavy atom. The predicted molar refractivity (Wildman–Crippen MR) is 84.8 cm³/mol. The molecular formula is C14H16N4O2S. The van der Waals surface area contributed by atoms with E-state index in [9.17, 15) is 4.79 Å². The molecule has 2 aromatic rings. The number of para-hydroxylation sites is 1. The molecule has 0 atom stereocenters. The Morgan fingerprint density at radius 1 is 1.43 bits per heavy atom. The molecule has 0 aliphatic rings. The average molecular weight is 304 g/mol. The van der Waals surface area contributed by atoms with Gasteiger partial charge in [-0.25, -0.2) is 0 Å². The lowest BCUT2D eigenvalue weighted by Crippen LogP contribution is -2.18. The summed E-state index contributed by atoms with van der Waals surface area (Å²) in [5.74, 6) is 0.206. The summed E-state index contributed by atoms with van der Waals surface area (Å²) in [5.41, 5.74) is 7.83. The van der Waals surface area contributed by atoms with Crippen LogP contribution in [0, 0.1) is 6.92 Å². The number of hydrogen-bond acceptors (Lipinski definition) is 4. The van der Waals surface area contributed by atoms with Crippen molar-refractivity contribution in [3.05, 3.63) is 41.2 Å². The van der Waals surface area contributed by atoms with Crippen molar-refractivity contribution in [2.24, 2.45) is 12.8 Å². The summed E-state index contributed by atoms with van der Waals surface area (Å²) in [5, 5.41) is 6.95. The summed E-state index contributed by atoms with van der Waals surface area (Å²) in [6.07, 6.45) is 1.65. The predicted octanol–water partition coefficient (Wildman–Crippen LogP) is 1.62. The van der Waals surface area contributed by atoms with Gasteiger partial charge in [0.2, 0.25) is 0 Å².